The maximum absolute atomic E-state index is 12.1. The Morgan fingerprint density at radius 3 is 2.83 bits per heavy atom. The lowest BCUT2D eigenvalue weighted by Crippen LogP contribution is -2.15. The molecule has 23 heavy (non-hydrogen) atoms. The molecule has 2 aromatic heterocycles. The summed E-state index contributed by atoms with van der Waals surface area (Å²) in [6.45, 7) is 1.97. The number of aryl methyl sites for hydroxylation is 1. The van der Waals surface area contributed by atoms with Gasteiger partial charge in [0.15, 0.2) is 0 Å². The van der Waals surface area contributed by atoms with Crippen molar-refractivity contribution in [2.24, 2.45) is 0 Å². The van der Waals surface area contributed by atoms with Gasteiger partial charge in [-0.15, -0.1) is 0 Å². The molecule has 0 unspecified atom stereocenters. The van der Waals surface area contributed by atoms with Crippen LogP contribution in [0.15, 0.2) is 65.6 Å². The fourth-order valence-corrected chi connectivity index (χ4v) is 3.02. The van der Waals surface area contributed by atoms with Crippen LogP contribution >= 0.6 is 11.8 Å². The minimum Gasteiger partial charge on any atom is -0.269 e. The third-order valence-electron chi connectivity index (χ3n) is 3.43. The second-order valence-electron chi connectivity index (χ2n) is 5.35. The van der Waals surface area contributed by atoms with E-state index < -0.39 is 0 Å². The van der Waals surface area contributed by atoms with Crippen molar-refractivity contribution in [1.82, 2.24) is 9.38 Å². The number of hydrogen-bond donors (Lipinski definition) is 0. The Balaban J connectivity index is 1.62. The highest BCUT2D eigenvalue weighted by atomic mass is 32.2. The van der Waals surface area contributed by atoms with Crippen LogP contribution in [0.4, 0.5) is 0 Å². The van der Waals surface area contributed by atoms with Gasteiger partial charge >= 0.3 is 0 Å². The summed E-state index contributed by atoms with van der Waals surface area (Å²) in [5.41, 5.74) is 3.77. The van der Waals surface area contributed by atoms with Gasteiger partial charge in [0, 0.05) is 23.8 Å². The molecule has 0 fully saturated rings. The van der Waals surface area contributed by atoms with Crippen LogP contribution in [0.1, 0.15) is 16.8 Å². The van der Waals surface area contributed by atoms with Crippen molar-refractivity contribution in [3.05, 3.63) is 88.0 Å². The first-order valence-corrected chi connectivity index (χ1v) is 8.66. The predicted molar refractivity (Wildman–Crippen MR) is 97.8 cm³/mol. The van der Waals surface area contributed by atoms with E-state index >= 15 is 0 Å². The monoisotopic (exact) mass is 322 g/mol. The first kappa shape index (κ1) is 15.6. The molecule has 0 bridgehead atoms. The number of hydrogen-bond acceptors (Lipinski definition) is 3. The third-order valence-corrected chi connectivity index (χ3v) is 4.36. The van der Waals surface area contributed by atoms with E-state index in [9.17, 15) is 4.79 Å². The molecule has 0 spiro atoms. The summed E-state index contributed by atoms with van der Waals surface area (Å²) >= 11 is 1.75. The molecule has 0 aliphatic rings. The van der Waals surface area contributed by atoms with Gasteiger partial charge < -0.3 is 0 Å². The third kappa shape index (κ3) is 4.11. The summed E-state index contributed by atoms with van der Waals surface area (Å²) in [6.07, 6.45) is 6.07. The maximum Gasteiger partial charge on any atom is 0.258 e. The average Bonchev–Trinajstić information content (AvgIpc) is 2.56. The van der Waals surface area contributed by atoms with E-state index in [0.717, 1.165) is 22.8 Å². The molecule has 0 N–H and O–H groups in total. The first-order chi connectivity index (χ1) is 11.2. The maximum atomic E-state index is 12.1. The summed E-state index contributed by atoms with van der Waals surface area (Å²) in [4.78, 5) is 16.7. The van der Waals surface area contributed by atoms with Crippen LogP contribution in [0.5, 0.6) is 0 Å². The van der Waals surface area contributed by atoms with Crippen LogP contribution in [0.25, 0.3) is 11.7 Å². The highest BCUT2D eigenvalue weighted by Crippen LogP contribution is 2.11. The molecule has 0 aliphatic heterocycles. The lowest BCUT2D eigenvalue weighted by atomic mass is 10.2. The van der Waals surface area contributed by atoms with Crippen LogP contribution in [0.3, 0.4) is 0 Å². The second kappa shape index (κ2) is 7.29. The summed E-state index contributed by atoms with van der Waals surface area (Å²) in [5, 5.41) is 0. The number of nitrogens with zero attached hydrogens (tertiary/aromatic N) is 2. The van der Waals surface area contributed by atoms with Crippen molar-refractivity contribution >= 4 is 23.5 Å². The quantitative estimate of drug-likeness (QED) is 0.667. The predicted octanol–water partition coefficient (Wildman–Crippen LogP) is 3.95. The van der Waals surface area contributed by atoms with Crippen LogP contribution in [-0.2, 0) is 5.75 Å². The van der Waals surface area contributed by atoms with Gasteiger partial charge in [-0.05, 0) is 24.1 Å². The van der Waals surface area contributed by atoms with E-state index in [1.807, 2.05) is 43.5 Å². The van der Waals surface area contributed by atoms with Gasteiger partial charge in [0.1, 0.15) is 5.65 Å². The number of aromatic nitrogens is 2. The van der Waals surface area contributed by atoms with Crippen molar-refractivity contribution in [3.8, 4) is 0 Å². The molecule has 0 saturated carbocycles. The van der Waals surface area contributed by atoms with Gasteiger partial charge in [-0.1, -0.05) is 48.6 Å². The van der Waals surface area contributed by atoms with Crippen LogP contribution in [0, 0.1) is 6.92 Å². The zero-order valence-electron chi connectivity index (χ0n) is 13.0. The van der Waals surface area contributed by atoms with Gasteiger partial charge in [0.2, 0.25) is 0 Å². The zero-order valence-corrected chi connectivity index (χ0v) is 13.8. The molecular weight excluding hydrogens is 304 g/mol. The van der Waals surface area contributed by atoms with Gasteiger partial charge in [-0.2, -0.15) is 11.8 Å². The van der Waals surface area contributed by atoms with E-state index in [0.29, 0.717) is 5.65 Å². The Kier molecular flexibility index (Phi) is 4.93. The fourth-order valence-electron chi connectivity index (χ4n) is 2.31. The zero-order chi connectivity index (χ0) is 16.1. The first-order valence-electron chi connectivity index (χ1n) is 7.51. The Morgan fingerprint density at radius 1 is 1.17 bits per heavy atom. The van der Waals surface area contributed by atoms with Crippen molar-refractivity contribution in [2.45, 2.75) is 12.7 Å². The van der Waals surface area contributed by atoms with E-state index in [1.165, 1.54) is 5.56 Å². The molecule has 0 aliphatic carbocycles. The number of fused-ring (bicyclic) bond motifs is 1. The highest BCUT2D eigenvalue weighted by molar-refractivity contribution is 7.98. The lowest BCUT2D eigenvalue weighted by Gasteiger charge is -2.04. The molecular formula is C19H18N2OS. The second-order valence-corrected chi connectivity index (χ2v) is 6.38. The van der Waals surface area contributed by atoms with Crippen molar-refractivity contribution in [3.63, 3.8) is 0 Å². The SMILES string of the molecule is Cc1ccc2nc(CSC/C=C\c3ccccc3)cc(=O)n2c1. The summed E-state index contributed by atoms with van der Waals surface area (Å²) in [7, 11) is 0. The molecule has 0 amide bonds. The largest absolute Gasteiger partial charge is 0.269 e. The highest BCUT2D eigenvalue weighted by Gasteiger charge is 2.02. The fraction of sp³-hybridized carbons (Fsp3) is 0.158. The van der Waals surface area contributed by atoms with E-state index in [2.05, 4.69) is 29.3 Å². The number of pyridine rings is 1. The molecule has 0 radical (unpaired) electrons. The molecule has 2 heterocycles. The van der Waals surface area contributed by atoms with Crippen molar-refractivity contribution < 1.29 is 0 Å². The minimum atomic E-state index is -0.0193. The van der Waals surface area contributed by atoms with E-state index in [-0.39, 0.29) is 5.56 Å². The molecule has 116 valence electrons. The van der Waals surface area contributed by atoms with Gasteiger partial charge in [-0.25, -0.2) is 4.98 Å². The molecule has 3 aromatic rings. The normalized spacial score (nSPS) is 11.3. The summed E-state index contributed by atoms with van der Waals surface area (Å²) in [6, 6.07) is 15.7. The Bertz CT molecular complexity index is 885. The van der Waals surface area contributed by atoms with Crippen molar-refractivity contribution in [1.29, 1.82) is 0 Å². The average molecular weight is 322 g/mol. The molecule has 4 heteroatoms. The van der Waals surface area contributed by atoms with Crippen molar-refractivity contribution in [2.75, 3.05) is 5.75 Å². The van der Waals surface area contributed by atoms with E-state index in [4.69, 9.17) is 0 Å². The molecule has 0 saturated heterocycles. The standard InChI is InChI=1S/C19H18N2OS/c1-15-9-10-18-20-17(12-19(22)21(18)13-15)14-23-11-5-8-16-6-3-2-4-7-16/h2-10,12-13H,11,14H2,1H3/b8-5-. The lowest BCUT2D eigenvalue weighted by molar-refractivity contribution is 1.00. The topological polar surface area (TPSA) is 34.4 Å². The van der Waals surface area contributed by atoms with Gasteiger partial charge in [0.05, 0.1) is 5.69 Å². The molecule has 0 atom stereocenters. The molecule has 3 rings (SSSR count). The smallest absolute Gasteiger partial charge is 0.258 e. The molecule has 3 nitrogen and oxygen atoms in total. The van der Waals surface area contributed by atoms with Crippen LogP contribution in [0.2, 0.25) is 0 Å². The van der Waals surface area contributed by atoms with E-state index in [1.54, 1.807) is 22.2 Å². The summed E-state index contributed by atoms with van der Waals surface area (Å²) < 4.78 is 1.60. The van der Waals surface area contributed by atoms with Gasteiger partial charge in [-0.3, -0.25) is 9.20 Å². The number of thioether (sulfide) groups is 1. The minimum absolute atomic E-state index is 0.0193. The Morgan fingerprint density at radius 2 is 2.00 bits per heavy atom. The Hall–Kier alpha value is -2.33. The van der Waals surface area contributed by atoms with Crippen LogP contribution in [-0.4, -0.2) is 15.1 Å². The summed E-state index contributed by atoms with van der Waals surface area (Å²) in [5.74, 6) is 1.63. The number of benzene rings is 1. The number of rotatable bonds is 5. The Labute approximate surface area is 139 Å². The van der Waals surface area contributed by atoms with Crippen LogP contribution < -0.4 is 5.56 Å². The molecule has 1 aromatic carbocycles. The van der Waals surface area contributed by atoms with Gasteiger partial charge in [0.25, 0.3) is 5.56 Å².